The molecule has 5 nitrogen and oxygen atoms in total. The van der Waals surface area contributed by atoms with Crippen molar-refractivity contribution in [1.29, 1.82) is 0 Å². The van der Waals surface area contributed by atoms with Crippen molar-refractivity contribution in [2.45, 2.75) is 13.8 Å². The lowest BCUT2D eigenvalue weighted by molar-refractivity contribution is -0.122. The van der Waals surface area contributed by atoms with Gasteiger partial charge in [-0.25, -0.2) is 4.98 Å². The van der Waals surface area contributed by atoms with E-state index in [9.17, 15) is 4.79 Å². The molecule has 0 aliphatic rings. The third-order valence-corrected chi connectivity index (χ3v) is 3.92. The molecule has 3 rings (SSSR count). The number of nitrogens with one attached hydrogen (secondary N) is 2. The summed E-state index contributed by atoms with van der Waals surface area (Å²) in [5.41, 5.74) is 2.85. The number of carbonyl (C=O) groups excluding carboxylic acids is 1. The number of thiocarbonyl (C=S) groups is 1. The van der Waals surface area contributed by atoms with Crippen LogP contribution in [0.3, 0.4) is 0 Å². The molecule has 7 heteroatoms. The van der Waals surface area contributed by atoms with Gasteiger partial charge in [-0.15, -0.1) is 0 Å². The Hall–Kier alpha value is -2.44. The number of halogens is 1. The normalized spacial score (nSPS) is 10.9. The number of carbonyl (C=O) groups is 1. The van der Waals surface area contributed by atoms with Crippen molar-refractivity contribution in [2.24, 2.45) is 5.92 Å². The minimum atomic E-state index is -0.141. The molecule has 0 saturated heterocycles. The van der Waals surface area contributed by atoms with E-state index in [0.717, 1.165) is 5.56 Å². The third kappa shape index (κ3) is 4.15. The Kier molecular flexibility index (Phi) is 5.01. The summed E-state index contributed by atoms with van der Waals surface area (Å²) in [4.78, 5) is 16.2. The van der Waals surface area contributed by atoms with Crippen molar-refractivity contribution in [3.63, 3.8) is 0 Å². The smallest absolute Gasteiger partial charge is 0.228 e. The summed E-state index contributed by atoms with van der Waals surface area (Å²) in [7, 11) is 0. The maximum absolute atomic E-state index is 11.7. The van der Waals surface area contributed by atoms with Gasteiger partial charge < -0.3 is 15.1 Å². The van der Waals surface area contributed by atoms with Crippen LogP contribution in [0.4, 0.5) is 5.69 Å². The monoisotopic (exact) mass is 373 g/mol. The van der Waals surface area contributed by atoms with Gasteiger partial charge in [0.1, 0.15) is 5.52 Å². The van der Waals surface area contributed by atoms with Crippen LogP contribution in [0.1, 0.15) is 13.8 Å². The first-order valence-corrected chi connectivity index (χ1v) is 8.49. The second-order valence-corrected chi connectivity index (χ2v) is 6.65. The first-order valence-electron chi connectivity index (χ1n) is 7.71. The molecule has 2 N–H and O–H groups in total. The molecule has 0 atom stereocenters. The topological polar surface area (TPSA) is 67.2 Å². The van der Waals surface area contributed by atoms with E-state index in [0.29, 0.717) is 27.7 Å². The number of hydrogen-bond donors (Lipinski definition) is 2. The molecule has 0 radical (unpaired) electrons. The number of amides is 1. The molecule has 25 heavy (non-hydrogen) atoms. The molecule has 2 aromatic carbocycles. The summed E-state index contributed by atoms with van der Waals surface area (Å²) in [6, 6.07) is 12.7. The first-order chi connectivity index (χ1) is 11.9. The van der Waals surface area contributed by atoms with E-state index in [1.165, 1.54) is 0 Å². The summed E-state index contributed by atoms with van der Waals surface area (Å²) in [5, 5.41) is 6.48. The number of nitrogens with zero attached hydrogens (tertiary/aromatic N) is 1. The lowest BCUT2D eigenvalue weighted by atomic mass is 10.2. The summed E-state index contributed by atoms with van der Waals surface area (Å²) in [5.74, 6) is 0.214. The van der Waals surface area contributed by atoms with Crippen LogP contribution in [0.2, 0.25) is 5.02 Å². The van der Waals surface area contributed by atoms with Crippen molar-refractivity contribution in [1.82, 2.24) is 10.3 Å². The van der Waals surface area contributed by atoms with E-state index in [4.69, 9.17) is 28.2 Å². The molecule has 128 valence electrons. The van der Waals surface area contributed by atoms with E-state index in [2.05, 4.69) is 15.6 Å². The molecule has 0 spiro atoms. The summed E-state index contributed by atoms with van der Waals surface area (Å²) < 4.78 is 5.76. The average molecular weight is 374 g/mol. The molecule has 1 heterocycles. The molecule has 0 bridgehead atoms. The molecular formula is C18H16ClN3O2S. The predicted octanol–water partition coefficient (Wildman–Crippen LogP) is 4.62. The lowest BCUT2D eigenvalue weighted by Crippen LogP contribution is -2.36. The highest BCUT2D eigenvalue weighted by Crippen LogP contribution is 2.27. The minimum Gasteiger partial charge on any atom is -0.436 e. The van der Waals surface area contributed by atoms with Crippen LogP contribution in [0.25, 0.3) is 22.6 Å². The van der Waals surface area contributed by atoms with Crippen molar-refractivity contribution < 1.29 is 9.21 Å². The van der Waals surface area contributed by atoms with Crippen molar-refractivity contribution in [3.05, 3.63) is 47.5 Å². The quantitative estimate of drug-likeness (QED) is 0.656. The van der Waals surface area contributed by atoms with Crippen LogP contribution in [-0.4, -0.2) is 16.0 Å². The summed E-state index contributed by atoms with van der Waals surface area (Å²) in [6.45, 7) is 3.60. The number of aromatic nitrogens is 1. The van der Waals surface area contributed by atoms with Crippen molar-refractivity contribution in [3.8, 4) is 11.5 Å². The zero-order valence-electron chi connectivity index (χ0n) is 13.7. The largest absolute Gasteiger partial charge is 0.436 e. The van der Waals surface area contributed by atoms with Gasteiger partial charge in [0, 0.05) is 22.2 Å². The van der Waals surface area contributed by atoms with E-state index < -0.39 is 0 Å². The van der Waals surface area contributed by atoms with Gasteiger partial charge >= 0.3 is 0 Å². The van der Waals surface area contributed by atoms with Gasteiger partial charge in [0.2, 0.25) is 11.8 Å². The maximum Gasteiger partial charge on any atom is 0.228 e. The highest BCUT2D eigenvalue weighted by molar-refractivity contribution is 7.80. The molecule has 0 saturated carbocycles. The second kappa shape index (κ2) is 7.21. The zero-order valence-corrected chi connectivity index (χ0v) is 15.2. The number of benzene rings is 2. The zero-order chi connectivity index (χ0) is 18.0. The molecule has 0 aliphatic carbocycles. The Morgan fingerprint density at radius 3 is 2.76 bits per heavy atom. The number of anilines is 1. The fraction of sp³-hybridized carbons (Fsp3) is 0.167. The van der Waals surface area contributed by atoms with Gasteiger partial charge in [0.25, 0.3) is 0 Å². The molecule has 0 unspecified atom stereocenters. The van der Waals surface area contributed by atoms with Gasteiger partial charge in [-0.05, 0) is 48.6 Å². The summed E-state index contributed by atoms with van der Waals surface area (Å²) >= 11 is 11.2. The molecule has 0 aliphatic heterocycles. The molecule has 3 aromatic rings. The Bertz CT molecular complexity index is 952. The van der Waals surface area contributed by atoms with E-state index in [1.807, 2.05) is 18.2 Å². The minimum absolute atomic E-state index is 0.136. The van der Waals surface area contributed by atoms with Crippen molar-refractivity contribution in [2.75, 3.05) is 5.32 Å². The Balaban J connectivity index is 1.81. The highest BCUT2D eigenvalue weighted by Gasteiger charge is 2.11. The Morgan fingerprint density at radius 1 is 1.24 bits per heavy atom. The van der Waals surface area contributed by atoms with E-state index in [-0.39, 0.29) is 16.9 Å². The van der Waals surface area contributed by atoms with Crippen molar-refractivity contribution >= 4 is 51.6 Å². The van der Waals surface area contributed by atoms with Crippen LogP contribution in [-0.2, 0) is 4.79 Å². The van der Waals surface area contributed by atoms with E-state index in [1.54, 1.807) is 38.1 Å². The number of fused-ring (bicyclic) bond motifs is 1. The van der Waals surface area contributed by atoms with E-state index >= 15 is 0 Å². The van der Waals surface area contributed by atoms with Crippen LogP contribution >= 0.6 is 23.8 Å². The third-order valence-electron chi connectivity index (χ3n) is 3.48. The van der Waals surface area contributed by atoms with Gasteiger partial charge in [0.05, 0.1) is 0 Å². The van der Waals surface area contributed by atoms with Crippen LogP contribution in [0, 0.1) is 5.92 Å². The lowest BCUT2D eigenvalue weighted by Gasteiger charge is -2.10. The standard InChI is InChI=1S/C18H16ClN3O2S/c1-10(2)16(23)22-18(25)20-13-6-7-15-14(9-13)21-17(24-15)11-4-3-5-12(19)8-11/h3-10H,1-2H3,(H2,20,22,23,25). The molecule has 1 amide bonds. The molecule has 1 aromatic heterocycles. The fourth-order valence-corrected chi connectivity index (χ4v) is 2.58. The number of rotatable bonds is 3. The maximum atomic E-state index is 11.7. The Morgan fingerprint density at radius 2 is 2.04 bits per heavy atom. The first kappa shape index (κ1) is 17.4. The summed E-state index contributed by atoms with van der Waals surface area (Å²) in [6.07, 6.45) is 0. The van der Waals surface area contributed by atoms with Crippen LogP contribution in [0.5, 0.6) is 0 Å². The number of hydrogen-bond acceptors (Lipinski definition) is 4. The van der Waals surface area contributed by atoms with Gasteiger partial charge in [-0.3, -0.25) is 4.79 Å². The SMILES string of the molecule is CC(C)C(=O)NC(=S)Nc1ccc2oc(-c3cccc(Cl)c3)nc2c1. The van der Waals surface area contributed by atoms with Crippen LogP contribution in [0.15, 0.2) is 46.9 Å². The highest BCUT2D eigenvalue weighted by atomic mass is 35.5. The second-order valence-electron chi connectivity index (χ2n) is 5.81. The van der Waals surface area contributed by atoms with Crippen LogP contribution < -0.4 is 10.6 Å². The fourth-order valence-electron chi connectivity index (χ4n) is 2.17. The number of oxazole rings is 1. The average Bonchev–Trinajstić information content (AvgIpc) is 2.98. The molecule has 0 fully saturated rings. The predicted molar refractivity (Wildman–Crippen MR) is 104 cm³/mol. The van der Waals surface area contributed by atoms with Gasteiger partial charge in [0.15, 0.2) is 10.7 Å². The Labute approximate surface area is 155 Å². The molecular weight excluding hydrogens is 358 g/mol. The van der Waals surface area contributed by atoms with Gasteiger partial charge in [-0.2, -0.15) is 0 Å². The van der Waals surface area contributed by atoms with Gasteiger partial charge in [-0.1, -0.05) is 31.5 Å².